The molecule has 5 amide bonds. The van der Waals surface area contributed by atoms with Crippen LogP contribution in [0.1, 0.15) is 54.4 Å². The minimum atomic E-state index is -4.27. The van der Waals surface area contributed by atoms with Crippen LogP contribution in [-0.4, -0.2) is 82.7 Å². The zero-order valence-corrected chi connectivity index (χ0v) is 23.7. The molecule has 14 heteroatoms. The molecule has 3 fully saturated rings. The maximum atomic E-state index is 13.8. The highest BCUT2D eigenvalue weighted by molar-refractivity contribution is 6.32. The summed E-state index contributed by atoms with van der Waals surface area (Å²) in [5, 5.41) is 3.00. The number of primary amides is 1. The molecule has 0 bridgehead atoms. The number of carbonyl (C=O) groups excluding carboxylic acids is 5. The van der Waals surface area contributed by atoms with E-state index >= 15 is 0 Å². The van der Waals surface area contributed by atoms with E-state index in [-0.39, 0.29) is 36.1 Å². The fourth-order valence-electron chi connectivity index (χ4n) is 5.88. The van der Waals surface area contributed by atoms with Crippen LogP contribution in [0.25, 0.3) is 0 Å². The second kappa shape index (κ2) is 10.8. The van der Waals surface area contributed by atoms with Gasteiger partial charge in [0.1, 0.15) is 18.1 Å². The zero-order chi connectivity index (χ0) is 29.7. The van der Waals surface area contributed by atoms with Crippen molar-refractivity contribution in [2.24, 2.45) is 28.9 Å². The summed E-state index contributed by atoms with van der Waals surface area (Å²) >= 11 is 4.90. The Labute approximate surface area is 231 Å². The van der Waals surface area contributed by atoms with Gasteiger partial charge >= 0.3 is 11.3 Å². The monoisotopic (exact) mass is 577 g/mol. The van der Waals surface area contributed by atoms with Gasteiger partial charge in [-0.05, 0) is 69.4 Å². The smallest absolute Gasteiger partial charge is 0.370 e. The van der Waals surface area contributed by atoms with Crippen molar-refractivity contribution in [1.29, 1.82) is 0 Å². The van der Waals surface area contributed by atoms with E-state index in [9.17, 15) is 32.8 Å². The van der Waals surface area contributed by atoms with Crippen LogP contribution >= 0.6 is 11.6 Å². The Bertz CT molecular complexity index is 1030. The average Bonchev–Trinajstić information content (AvgIpc) is 3.14. The molecular weight excluding hydrogens is 540 g/mol. The van der Waals surface area contributed by atoms with E-state index in [1.54, 1.807) is 20.8 Å². The van der Waals surface area contributed by atoms with Gasteiger partial charge in [-0.2, -0.15) is 8.78 Å². The third kappa shape index (κ3) is 6.79. The molecule has 0 spiro atoms. The van der Waals surface area contributed by atoms with Crippen molar-refractivity contribution in [2.45, 2.75) is 89.6 Å². The van der Waals surface area contributed by atoms with Crippen molar-refractivity contribution in [1.82, 2.24) is 20.9 Å². The molecule has 7 atom stereocenters. The van der Waals surface area contributed by atoms with Gasteiger partial charge in [-0.3, -0.25) is 24.0 Å². The molecule has 0 aromatic carbocycles. The molecule has 2 saturated heterocycles. The van der Waals surface area contributed by atoms with E-state index in [0.717, 1.165) is 0 Å². The van der Waals surface area contributed by atoms with E-state index in [4.69, 9.17) is 22.1 Å². The fourth-order valence-corrected chi connectivity index (χ4v) is 5.93. The summed E-state index contributed by atoms with van der Waals surface area (Å²) in [5.41, 5.74) is 4.43. The molecule has 0 unspecified atom stereocenters. The average molecular weight is 578 g/mol. The van der Waals surface area contributed by atoms with Crippen LogP contribution < -0.4 is 21.7 Å². The summed E-state index contributed by atoms with van der Waals surface area (Å²) in [6.07, 6.45) is -0.568. The number of fused-ring (bicyclic) bond motifs is 1. The second-order valence-electron chi connectivity index (χ2n) is 12.2. The number of carbonyl (C=O) groups is 5. The molecule has 11 nitrogen and oxygen atoms in total. The first-order valence-corrected chi connectivity index (χ1v) is 13.4. The van der Waals surface area contributed by atoms with Crippen molar-refractivity contribution in [3.63, 3.8) is 0 Å². The maximum Gasteiger partial charge on any atom is 0.399 e. The van der Waals surface area contributed by atoms with Crippen LogP contribution in [0.2, 0.25) is 0 Å². The number of hydrogen-bond donors (Lipinski definition) is 4. The van der Waals surface area contributed by atoms with Crippen LogP contribution in [0.5, 0.6) is 0 Å². The van der Waals surface area contributed by atoms with Gasteiger partial charge in [-0.25, -0.2) is 0 Å². The Balaban J connectivity index is 1.86. The predicted octanol–water partition coefficient (Wildman–Crippen LogP) is 0.486. The normalized spacial score (nSPS) is 28.1. The van der Waals surface area contributed by atoms with Gasteiger partial charge in [0.25, 0.3) is 0 Å². The lowest BCUT2D eigenvalue weighted by atomic mass is 9.96. The molecular formula is C25H38ClF2N5O6. The standard InChI is InChI=1S/C25H38ClF2N5O6/c1-11(39-23(2,3)4)16(32-22(38)25(26,27)28)21(37)33-10-13-15(24(13,5)6)17(33)20(36)31-14(18(29)34)9-12-7-8-30-19(12)35/h11-17H,7-10H2,1-6H3,(H2,29,34)(H,30,35)(H,31,36)(H,32,38)/t11-,12+,13+,14+,15+,16+,17+/m1/s1. The number of amides is 5. The van der Waals surface area contributed by atoms with Gasteiger partial charge in [-0.1, -0.05) is 13.8 Å². The summed E-state index contributed by atoms with van der Waals surface area (Å²) < 4.78 is 32.9. The number of piperidine rings is 1. The maximum absolute atomic E-state index is 13.8. The molecule has 1 aliphatic carbocycles. The SMILES string of the molecule is C[C@@H](OC(C)(C)C)[C@H](NC(=O)C(F)(F)Cl)C(=O)N1C[C@H]2[C@@H]([C@H]1C(=O)N[C@@H](C[C@@H]1CCNC1=O)C(N)=O)C2(C)C. The molecule has 3 aliphatic rings. The molecule has 3 rings (SSSR count). The van der Waals surface area contributed by atoms with Gasteiger partial charge in [0, 0.05) is 19.0 Å². The molecule has 2 heterocycles. The lowest BCUT2D eigenvalue weighted by Gasteiger charge is -2.37. The van der Waals surface area contributed by atoms with Gasteiger partial charge in [0.05, 0.1) is 11.7 Å². The van der Waals surface area contributed by atoms with Gasteiger partial charge in [-0.15, -0.1) is 0 Å². The summed E-state index contributed by atoms with van der Waals surface area (Å²) in [7, 11) is 0. The zero-order valence-electron chi connectivity index (χ0n) is 23.0. The number of nitrogens with zero attached hydrogens (tertiary/aromatic N) is 1. The number of nitrogens with two attached hydrogens (primary N) is 1. The molecule has 1 saturated carbocycles. The minimum absolute atomic E-state index is 0.00497. The van der Waals surface area contributed by atoms with E-state index in [1.165, 1.54) is 11.8 Å². The number of halogens is 3. The Morgan fingerprint density at radius 1 is 1.23 bits per heavy atom. The molecule has 39 heavy (non-hydrogen) atoms. The van der Waals surface area contributed by atoms with E-state index in [1.807, 2.05) is 19.2 Å². The van der Waals surface area contributed by atoms with Crippen molar-refractivity contribution in [2.75, 3.05) is 13.1 Å². The lowest BCUT2D eigenvalue weighted by Crippen LogP contribution is -2.61. The van der Waals surface area contributed by atoms with Crippen LogP contribution in [0, 0.1) is 23.2 Å². The summed E-state index contributed by atoms with van der Waals surface area (Å²) in [5.74, 6) is -5.24. The minimum Gasteiger partial charge on any atom is -0.370 e. The van der Waals surface area contributed by atoms with Crippen molar-refractivity contribution >= 4 is 41.1 Å². The van der Waals surface area contributed by atoms with Gasteiger partial charge in [0.15, 0.2) is 0 Å². The number of alkyl halides is 3. The van der Waals surface area contributed by atoms with Crippen LogP contribution in [0.4, 0.5) is 8.78 Å². The summed E-state index contributed by atoms with van der Waals surface area (Å²) in [6.45, 7) is 11.0. The summed E-state index contributed by atoms with van der Waals surface area (Å²) in [6, 6.07) is -3.79. The summed E-state index contributed by atoms with van der Waals surface area (Å²) in [4.78, 5) is 64.9. The molecule has 0 radical (unpaired) electrons. The lowest BCUT2D eigenvalue weighted by molar-refractivity contribution is -0.153. The van der Waals surface area contributed by atoms with Crippen LogP contribution in [0.15, 0.2) is 0 Å². The number of ether oxygens (including phenoxy) is 1. The van der Waals surface area contributed by atoms with Crippen molar-refractivity contribution in [3.05, 3.63) is 0 Å². The Hall–Kier alpha value is -2.54. The third-order valence-corrected chi connectivity index (χ3v) is 8.09. The third-order valence-electron chi connectivity index (χ3n) is 7.92. The number of likely N-dealkylation sites (tertiary alicyclic amines) is 1. The quantitative estimate of drug-likeness (QED) is 0.276. The highest BCUT2D eigenvalue weighted by Gasteiger charge is 2.70. The first-order valence-electron chi connectivity index (χ1n) is 13.0. The number of hydrogen-bond acceptors (Lipinski definition) is 6. The number of nitrogens with one attached hydrogen (secondary N) is 3. The largest absolute Gasteiger partial charge is 0.399 e. The molecule has 2 aliphatic heterocycles. The second-order valence-corrected chi connectivity index (χ2v) is 12.7. The Kier molecular flexibility index (Phi) is 8.58. The molecule has 220 valence electrons. The Morgan fingerprint density at radius 3 is 2.33 bits per heavy atom. The first-order chi connectivity index (χ1) is 17.8. The topological polar surface area (TPSA) is 160 Å². The van der Waals surface area contributed by atoms with Gasteiger partial charge in [0.2, 0.25) is 23.6 Å². The Morgan fingerprint density at radius 2 is 1.85 bits per heavy atom. The molecule has 0 aromatic heterocycles. The van der Waals surface area contributed by atoms with Crippen molar-refractivity contribution < 1.29 is 37.5 Å². The highest BCUT2D eigenvalue weighted by atomic mass is 35.5. The first kappa shape index (κ1) is 31.0. The van der Waals surface area contributed by atoms with Gasteiger partial charge < -0.3 is 31.3 Å². The highest BCUT2D eigenvalue weighted by Crippen LogP contribution is 2.65. The fraction of sp³-hybridized carbons (Fsp3) is 0.800. The molecule has 5 N–H and O–H groups in total. The van der Waals surface area contributed by atoms with Crippen molar-refractivity contribution in [3.8, 4) is 0 Å². The van der Waals surface area contributed by atoms with Crippen LogP contribution in [-0.2, 0) is 28.7 Å². The number of rotatable bonds is 10. The molecule has 0 aromatic rings. The van der Waals surface area contributed by atoms with E-state index < -0.39 is 64.8 Å². The predicted molar refractivity (Wildman–Crippen MR) is 136 cm³/mol. The van der Waals surface area contributed by atoms with E-state index in [2.05, 4.69) is 10.6 Å². The van der Waals surface area contributed by atoms with Crippen LogP contribution in [0.3, 0.4) is 0 Å². The van der Waals surface area contributed by atoms with E-state index in [0.29, 0.717) is 13.0 Å².